The number of carbonyl (C=O) groups is 6. The zero-order chi connectivity index (χ0) is 36.2. The number of carbonyl (C=O) groups excluding carboxylic acids is 6. The van der Waals surface area contributed by atoms with E-state index in [2.05, 4.69) is 20.4 Å². The fraction of sp³-hybridized carbons (Fsp3) is 0.706. The molecule has 2 amide bonds. The molecule has 1 saturated heterocycles. The summed E-state index contributed by atoms with van der Waals surface area (Å²) < 4.78 is 17.0. The van der Waals surface area contributed by atoms with Crippen LogP contribution in [0.5, 0.6) is 0 Å². The molecule has 0 spiro atoms. The van der Waals surface area contributed by atoms with E-state index in [1.807, 2.05) is 6.92 Å². The number of nitrogens with zero attached hydrogens (tertiary/aromatic N) is 2. The van der Waals surface area contributed by atoms with E-state index >= 15 is 0 Å². The highest BCUT2D eigenvalue weighted by atomic mass is 32.2. The summed E-state index contributed by atoms with van der Waals surface area (Å²) in [7, 11) is 1.27. The van der Waals surface area contributed by atoms with E-state index in [-0.39, 0.29) is 73.9 Å². The molecule has 0 bridgehead atoms. The molecule has 0 radical (unpaired) electrons. The van der Waals surface area contributed by atoms with Crippen molar-refractivity contribution in [2.75, 3.05) is 32.6 Å². The number of ketones is 2. The van der Waals surface area contributed by atoms with Gasteiger partial charge in [0, 0.05) is 61.8 Å². The van der Waals surface area contributed by atoms with Crippen molar-refractivity contribution in [2.24, 2.45) is 11.8 Å². The fourth-order valence-electron chi connectivity index (χ4n) is 5.28. The van der Waals surface area contributed by atoms with Crippen LogP contribution in [0.15, 0.2) is 17.1 Å². The largest absolute Gasteiger partial charge is 0.469 e. The Kier molecular flexibility index (Phi) is 19.5. The molecule has 1 aromatic heterocycles. The van der Waals surface area contributed by atoms with Crippen molar-refractivity contribution >= 4 is 47.1 Å². The number of rotatable bonds is 24. The number of thioether (sulfide) groups is 1. The molecule has 4 atom stereocenters. The van der Waals surface area contributed by atoms with Gasteiger partial charge >= 0.3 is 17.6 Å². The smallest absolute Gasteiger partial charge is 0.349 e. The number of nitrogens with one attached hydrogen (secondary N) is 2. The van der Waals surface area contributed by atoms with Gasteiger partial charge in [-0.2, -0.15) is 4.98 Å². The molecule has 1 aliphatic heterocycles. The number of methoxy groups -OCH3 is 1. The molecule has 0 saturated carbocycles. The normalized spacial score (nSPS) is 16.7. The van der Waals surface area contributed by atoms with Gasteiger partial charge in [-0.25, -0.2) is 4.79 Å². The van der Waals surface area contributed by atoms with E-state index < -0.39 is 29.3 Å². The topological polar surface area (TPSA) is 189 Å². The van der Waals surface area contributed by atoms with Crippen LogP contribution in [-0.2, 0) is 43.0 Å². The van der Waals surface area contributed by atoms with Gasteiger partial charge in [0.2, 0.25) is 11.8 Å². The third kappa shape index (κ3) is 16.6. The Bertz CT molecular complexity index is 1320. The van der Waals surface area contributed by atoms with Crippen LogP contribution in [0, 0.1) is 18.8 Å². The lowest BCUT2D eigenvalue weighted by Crippen LogP contribution is -2.29. The van der Waals surface area contributed by atoms with E-state index in [4.69, 9.17) is 9.47 Å². The first-order valence-corrected chi connectivity index (χ1v) is 18.1. The van der Waals surface area contributed by atoms with Crippen LogP contribution in [-0.4, -0.2) is 82.9 Å². The average molecular weight is 709 g/mol. The summed E-state index contributed by atoms with van der Waals surface area (Å²) in [5.74, 6) is -1.38. The van der Waals surface area contributed by atoms with E-state index in [0.29, 0.717) is 63.1 Å². The quantitative estimate of drug-likeness (QED) is 0.118. The van der Waals surface area contributed by atoms with Crippen molar-refractivity contribution in [3.8, 4) is 0 Å². The highest BCUT2D eigenvalue weighted by Gasteiger charge is 2.29. The number of aryl methyl sites for hydroxylation is 1. The molecule has 49 heavy (non-hydrogen) atoms. The second-order valence-corrected chi connectivity index (χ2v) is 13.3. The van der Waals surface area contributed by atoms with Crippen molar-refractivity contribution in [3.63, 3.8) is 0 Å². The SMILES string of the molecule is CCC(CCCCNC(=O)CCC(=O)OCC1OC(n2ccc(C)nc2=O)CS1)C(=O)CC(CCCCNC(=O)CCC(=O)OC)C(C)=O. The summed E-state index contributed by atoms with van der Waals surface area (Å²) in [5, 5.41) is 5.55. The molecular formula is C34H52N4O10S. The van der Waals surface area contributed by atoms with Crippen molar-refractivity contribution in [2.45, 2.75) is 109 Å². The minimum atomic E-state index is -0.510. The van der Waals surface area contributed by atoms with Crippen LogP contribution >= 0.6 is 11.8 Å². The highest BCUT2D eigenvalue weighted by molar-refractivity contribution is 8.00. The van der Waals surface area contributed by atoms with Crippen molar-refractivity contribution < 1.29 is 43.0 Å². The van der Waals surface area contributed by atoms with Crippen molar-refractivity contribution in [1.82, 2.24) is 20.2 Å². The molecule has 15 heteroatoms. The number of amides is 2. The molecule has 4 unspecified atom stereocenters. The molecule has 14 nitrogen and oxygen atoms in total. The minimum Gasteiger partial charge on any atom is -0.469 e. The lowest BCUT2D eigenvalue weighted by Gasteiger charge is -2.18. The Labute approximate surface area is 292 Å². The van der Waals surface area contributed by atoms with Gasteiger partial charge < -0.3 is 24.8 Å². The van der Waals surface area contributed by atoms with Gasteiger partial charge in [-0.05, 0) is 52.0 Å². The standard InChI is InChI=1S/C34H52N4O10S/c1-5-25(27(40)20-26(24(3)39)11-7-9-18-35-28(41)12-14-31(43)46-4)10-6-8-17-36-29(42)13-15-32(44)47-21-33-48-30(22-49-33)38-19-16-23(2)37-34(38)45/h16,19,25-26,30,33H,5-15,17-18,20-22H2,1-4H3,(H,35,41)(H,36,42). The van der Waals surface area contributed by atoms with Crippen LogP contribution in [0.3, 0.4) is 0 Å². The van der Waals surface area contributed by atoms with E-state index in [0.717, 1.165) is 6.42 Å². The van der Waals surface area contributed by atoms with E-state index in [1.165, 1.54) is 30.4 Å². The predicted molar refractivity (Wildman–Crippen MR) is 182 cm³/mol. The Morgan fingerprint density at radius 1 is 0.959 bits per heavy atom. The van der Waals surface area contributed by atoms with Gasteiger partial charge in [-0.3, -0.25) is 33.3 Å². The maximum absolute atomic E-state index is 13.0. The number of Topliss-reactive ketones (excluding diaryl/α,β-unsaturated/α-hetero) is 2. The Hall–Kier alpha value is -3.59. The lowest BCUT2D eigenvalue weighted by molar-refractivity contribution is -0.148. The maximum atomic E-state index is 13.0. The van der Waals surface area contributed by atoms with Gasteiger partial charge in [0.25, 0.3) is 0 Å². The summed E-state index contributed by atoms with van der Waals surface area (Å²) in [6.07, 6.45) is 6.03. The van der Waals surface area contributed by atoms with E-state index in [1.54, 1.807) is 19.2 Å². The third-order valence-corrected chi connectivity index (χ3v) is 9.40. The molecule has 1 aliphatic rings. The van der Waals surface area contributed by atoms with Crippen LogP contribution in [0.1, 0.15) is 103 Å². The molecule has 0 aromatic carbocycles. The first-order valence-electron chi connectivity index (χ1n) is 17.0. The van der Waals surface area contributed by atoms with Gasteiger partial charge in [-0.15, -0.1) is 11.8 Å². The predicted octanol–water partition coefficient (Wildman–Crippen LogP) is 3.18. The summed E-state index contributed by atoms with van der Waals surface area (Å²) in [6.45, 7) is 6.07. The summed E-state index contributed by atoms with van der Waals surface area (Å²) in [5.41, 5.74) is -0.191. The van der Waals surface area contributed by atoms with E-state index in [9.17, 15) is 33.6 Å². The first-order chi connectivity index (χ1) is 23.4. The van der Waals surface area contributed by atoms with Crippen LogP contribution in [0.25, 0.3) is 0 Å². The second-order valence-electron chi connectivity index (χ2n) is 12.1. The number of ether oxygens (including phenoxy) is 3. The molecule has 0 aliphatic carbocycles. The molecule has 2 rings (SSSR count). The summed E-state index contributed by atoms with van der Waals surface area (Å²) in [6, 6.07) is 1.72. The van der Waals surface area contributed by atoms with Gasteiger partial charge in [0.15, 0.2) is 0 Å². The molecule has 2 N–H and O–H groups in total. The number of hydrogen-bond donors (Lipinski definition) is 2. The van der Waals surface area contributed by atoms with Crippen LogP contribution < -0.4 is 16.3 Å². The third-order valence-electron chi connectivity index (χ3n) is 8.31. The van der Waals surface area contributed by atoms with Gasteiger partial charge in [-0.1, -0.05) is 19.8 Å². The Balaban J connectivity index is 1.56. The highest BCUT2D eigenvalue weighted by Crippen LogP contribution is 2.31. The Morgan fingerprint density at radius 3 is 2.14 bits per heavy atom. The summed E-state index contributed by atoms with van der Waals surface area (Å²) in [4.78, 5) is 88.5. The number of aromatic nitrogens is 2. The van der Waals surface area contributed by atoms with Crippen LogP contribution in [0.2, 0.25) is 0 Å². The molecule has 1 fully saturated rings. The maximum Gasteiger partial charge on any atom is 0.349 e. The lowest BCUT2D eigenvalue weighted by atomic mass is 9.85. The molecule has 2 heterocycles. The van der Waals surface area contributed by atoms with Gasteiger partial charge in [0.1, 0.15) is 29.8 Å². The fourth-order valence-corrected chi connectivity index (χ4v) is 6.26. The zero-order valence-electron chi connectivity index (χ0n) is 29.2. The van der Waals surface area contributed by atoms with Gasteiger partial charge in [0.05, 0.1) is 20.0 Å². The molecule has 1 aromatic rings. The zero-order valence-corrected chi connectivity index (χ0v) is 30.0. The Morgan fingerprint density at radius 2 is 1.57 bits per heavy atom. The van der Waals surface area contributed by atoms with Crippen LogP contribution in [0.4, 0.5) is 0 Å². The summed E-state index contributed by atoms with van der Waals surface area (Å²) >= 11 is 1.43. The second kappa shape index (κ2) is 22.9. The van der Waals surface area contributed by atoms with Crippen molar-refractivity contribution in [1.29, 1.82) is 0 Å². The number of hydrogen-bond acceptors (Lipinski definition) is 12. The number of esters is 2. The number of unbranched alkanes of at least 4 members (excludes halogenated alkanes) is 2. The first kappa shape index (κ1) is 41.6. The average Bonchev–Trinajstić information content (AvgIpc) is 3.54. The minimum absolute atomic E-state index is 0.00513. The monoisotopic (exact) mass is 708 g/mol. The molecular weight excluding hydrogens is 656 g/mol. The van der Waals surface area contributed by atoms with Crippen molar-refractivity contribution in [3.05, 3.63) is 28.4 Å². The molecule has 274 valence electrons.